The van der Waals surface area contributed by atoms with Crippen LogP contribution >= 0.6 is 15.9 Å². The monoisotopic (exact) mass is 268 g/mol. The molecule has 1 aromatic carbocycles. The van der Waals surface area contributed by atoms with E-state index in [4.69, 9.17) is 0 Å². The third-order valence-electron chi connectivity index (χ3n) is 2.91. The van der Waals surface area contributed by atoms with Crippen molar-refractivity contribution >= 4 is 15.9 Å². The van der Waals surface area contributed by atoms with E-state index < -0.39 is 0 Å². The predicted molar refractivity (Wildman–Crippen MR) is 63.5 cm³/mol. The minimum Gasteiger partial charge on any atom is -0.261 e. The summed E-state index contributed by atoms with van der Waals surface area (Å²) in [7, 11) is 0. The first kappa shape index (κ1) is 10.6. The van der Waals surface area contributed by atoms with Crippen molar-refractivity contribution in [1.29, 1.82) is 0 Å². The second kappa shape index (κ2) is 4.75. The first-order chi connectivity index (χ1) is 7.29. The highest BCUT2D eigenvalue weighted by atomic mass is 79.9. The van der Waals surface area contributed by atoms with Gasteiger partial charge in [0.25, 0.3) is 0 Å². The number of rotatable bonds is 2. The van der Waals surface area contributed by atoms with Gasteiger partial charge in [0, 0.05) is 17.6 Å². The van der Waals surface area contributed by atoms with Crippen LogP contribution in [0.1, 0.15) is 24.3 Å². The Morgan fingerprint density at radius 3 is 2.67 bits per heavy atom. The lowest BCUT2D eigenvalue weighted by atomic mass is 9.90. The van der Waals surface area contributed by atoms with E-state index in [1.165, 1.54) is 5.56 Å². The Kier molecular flexibility index (Phi) is 3.36. The van der Waals surface area contributed by atoms with Crippen LogP contribution in [-0.2, 0) is 0 Å². The highest BCUT2D eigenvalue weighted by Gasteiger charge is 2.20. The zero-order chi connectivity index (χ0) is 10.7. The molecule has 0 spiro atoms. The molecule has 1 aliphatic heterocycles. The molecule has 1 fully saturated rings. The van der Waals surface area contributed by atoms with Crippen molar-refractivity contribution in [3.8, 4) is 0 Å². The summed E-state index contributed by atoms with van der Waals surface area (Å²) in [6.45, 7) is 1.56. The van der Waals surface area contributed by atoms with Crippen LogP contribution in [0.25, 0.3) is 0 Å². The molecule has 80 valence electrons. The zero-order valence-electron chi connectivity index (χ0n) is 8.40. The number of hydrogen-bond acceptors (Lipinski definition) is 2. The lowest BCUT2D eigenvalue weighted by Crippen LogP contribution is -2.28. The van der Waals surface area contributed by atoms with Gasteiger partial charge in [-0.1, -0.05) is 28.1 Å². The van der Waals surface area contributed by atoms with Crippen LogP contribution in [0.3, 0.4) is 0 Å². The molecular formula is C11H13BrN2O. The van der Waals surface area contributed by atoms with Crippen LogP contribution < -0.4 is 0 Å². The van der Waals surface area contributed by atoms with Crippen molar-refractivity contribution in [3.05, 3.63) is 39.2 Å². The molecule has 0 bridgehead atoms. The lowest BCUT2D eigenvalue weighted by Gasteiger charge is -2.27. The van der Waals surface area contributed by atoms with Crippen LogP contribution in [-0.4, -0.2) is 18.1 Å². The summed E-state index contributed by atoms with van der Waals surface area (Å²) >= 11 is 3.48. The largest absolute Gasteiger partial charge is 0.261 e. The van der Waals surface area contributed by atoms with Crippen LogP contribution in [0.5, 0.6) is 0 Å². The van der Waals surface area contributed by atoms with E-state index in [9.17, 15) is 4.91 Å². The molecule has 0 N–H and O–H groups in total. The maximum absolute atomic E-state index is 10.3. The number of nitrogens with zero attached hydrogens (tertiary/aromatic N) is 2. The van der Waals surface area contributed by atoms with E-state index in [1.807, 2.05) is 6.07 Å². The molecule has 0 aromatic heterocycles. The van der Waals surface area contributed by atoms with Gasteiger partial charge in [-0.25, -0.2) is 0 Å². The number of hydrogen-bond donors (Lipinski definition) is 0. The van der Waals surface area contributed by atoms with Gasteiger partial charge in [0.15, 0.2) is 0 Å². The molecule has 3 nitrogen and oxygen atoms in total. The molecule has 15 heavy (non-hydrogen) atoms. The quantitative estimate of drug-likeness (QED) is 0.771. The molecular weight excluding hydrogens is 256 g/mol. The molecule has 0 radical (unpaired) electrons. The van der Waals surface area contributed by atoms with Gasteiger partial charge >= 0.3 is 0 Å². The Bertz CT molecular complexity index is 348. The molecule has 1 aliphatic rings. The fourth-order valence-corrected chi connectivity index (χ4v) is 2.46. The molecule has 1 aromatic rings. The summed E-state index contributed by atoms with van der Waals surface area (Å²) in [6.07, 6.45) is 2.03. The molecule has 1 heterocycles. The molecule has 4 heteroatoms. The topological polar surface area (TPSA) is 32.7 Å². The van der Waals surface area contributed by atoms with Crippen molar-refractivity contribution in [2.24, 2.45) is 5.29 Å². The second-order valence-electron chi connectivity index (χ2n) is 3.86. The highest BCUT2D eigenvalue weighted by Crippen LogP contribution is 2.29. The first-order valence-electron chi connectivity index (χ1n) is 5.13. The van der Waals surface area contributed by atoms with Gasteiger partial charge < -0.3 is 0 Å². The van der Waals surface area contributed by atoms with E-state index in [2.05, 4.69) is 39.4 Å². The Balaban J connectivity index is 2.04. The van der Waals surface area contributed by atoms with Gasteiger partial charge in [-0.3, -0.25) is 5.01 Å². The van der Waals surface area contributed by atoms with E-state index in [1.54, 1.807) is 5.01 Å². The van der Waals surface area contributed by atoms with Gasteiger partial charge in [0.2, 0.25) is 0 Å². The number of benzene rings is 1. The number of halogens is 1. The number of piperidine rings is 1. The molecule has 0 amide bonds. The van der Waals surface area contributed by atoms with Gasteiger partial charge in [-0.15, -0.1) is 4.91 Å². The summed E-state index contributed by atoms with van der Waals surface area (Å²) in [5.74, 6) is 0.570. The van der Waals surface area contributed by atoms with E-state index >= 15 is 0 Å². The van der Waals surface area contributed by atoms with Crippen LogP contribution in [0.4, 0.5) is 0 Å². The molecule has 2 rings (SSSR count). The molecule has 0 unspecified atom stereocenters. The first-order valence-corrected chi connectivity index (χ1v) is 5.92. The average Bonchev–Trinajstić information content (AvgIpc) is 2.29. The fourth-order valence-electron chi connectivity index (χ4n) is 2.04. The summed E-state index contributed by atoms with van der Waals surface area (Å²) in [6, 6.07) is 8.41. The van der Waals surface area contributed by atoms with Crippen molar-refractivity contribution < 1.29 is 0 Å². The van der Waals surface area contributed by atoms with Crippen LogP contribution in [0.2, 0.25) is 0 Å². The Labute approximate surface area is 97.5 Å². The van der Waals surface area contributed by atoms with Gasteiger partial charge in [0.05, 0.1) is 5.29 Å². The summed E-state index contributed by atoms with van der Waals surface area (Å²) < 4.78 is 1.12. The van der Waals surface area contributed by atoms with Crippen molar-refractivity contribution in [2.45, 2.75) is 18.8 Å². The van der Waals surface area contributed by atoms with Gasteiger partial charge in [0.1, 0.15) is 0 Å². The third-order valence-corrected chi connectivity index (χ3v) is 3.40. The number of nitroso groups, excluding NO2 is 1. The van der Waals surface area contributed by atoms with Crippen LogP contribution in [0, 0.1) is 4.91 Å². The standard InChI is InChI=1S/C11H13BrN2O/c12-11-3-1-2-10(8-11)9-4-6-14(13-15)7-5-9/h1-3,8-9H,4-7H2. The van der Waals surface area contributed by atoms with Crippen molar-refractivity contribution in [1.82, 2.24) is 5.01 Å². The Morgan fingerprint density at radius 1 is 1.33 bits per heavy atom. The highest BCUT2D eigenvalue weighted by molar-refractivity contribution is 9.10. The SMILES string of the molecule is O=NN1CCC(c2cccc(Br)c2)CC1. The minimum absolute atomic E-state index is 0.570. The Morgan fingerprint density at radius 2 is 2.07 bits per heavy atom. The Hall–Kier alpha value is -0.900. The van der Waals surface area contributed by atoms with Gasteiger partial charge in [-0.2, -0.15) is 0 Å². The normalized spacial score (nSPS) is 17.8. The second-order valence-corrected chi connectivity index (χ2v) is 4.78. The molecule has 0 saturated carbocycles. The molecule has 0 atom stereocenters. The zero-order valence-corrected chi connectivity index (χ0v) is 9.98. The summed E-state index contributed by atoms with van der Waals surface area (Å²) in [5.41, 5.74) is 1.36. The maximum atomic E-state index is 10.3. The van der Waals surface area contributed by atoms with Crippen molar-refractivity contribution in [2.75, 3.05) is 13.1 Å². The third kappa shape index (κ3) is 2.56. The van der Waals surface area contributed by atoms with E-state index in [0.29, 0.717) is 5.92 Å². The summed E-state index contributed by atoms with van der Waals surface area (Å²) in [4.78, 5) is 10.3. The smallest absolute Gasteiger partial charge is 0.0523 e. The maximum Gasteiger partial charge on any atom is 0.0523 e. The lowest BCUT2D eigenvalue weighted by molar-refractivity contribution is 0.218. The summed E-state index contributed by atoms with van der Waals surface area (Å²) in [5, 5.41) is 4.57. The predicted octanol–water partition coefficient (Wildman–Crippen LogP) is 3.31. The van der Waals surface area contributed by atoms with E-state index in [-0.39, 0.29) is 0 Å². The molecule has 1 saturated heterocycles. The van der Waals surface area contributed by atoms with E-state index in [0.717, 1.165) is 30.4 Å². The fraction of sp³-hybridized carbons (Fsp3) is 0.455. The van der Waals surface area contributed by atoms with Crippen LogP contribution in [0.15, 0.2) is 34.0 Å². The van der Waals surface area contributed by atoms with Crippen molar-refractivity contribution in [3.63, 3.8) is 0 Å². The van der Waals surface area contributed by atoms with Gasteiger partial charge in [-0.05, 0) is 36.5 Å². The minimum atomic E-state index is 0.570. The molecule has 0 aliphatic carbocycles. The average molecular weight is 269 g/mol.